The maximum Gasteiger partial charge on any atom is 0.332 e. The number of hydrogen-bond acceptors (Lipinski definition) is 6. The number of aromatic nitrogens is 1. The van der Waals surface area contributed by atoms with Crippen molar-refractivity contribution in [3.8, 4) is 5.75 Å². The van der Waals surface area contributed by atoms with Crippen molar-refractivity contribution < 1.29 is 24.0 Å². The molecule has 0 saturated heterocycles. The van der Waals surface area contributed by atoms with Crippen LogP contribution in [0, 0.1) is 12.8 Å². The van der Waals surface area contributed by atoms with Crippen molar-refractivity contribution in [2.24, 2.45) is 11.1 Å². The van der Waals surface area contributed by atoms with Crippen LogP contribution in [0.5, 0.6) is 5.75 Å². The molecule has 0 atom stereocenters. The van der Waals surface area contributed by atoms with Crippen molar-refractivity contribution in [3.63, 3.8) is 0 Å². The van der Waals surface area contributed by atoms with Crippen molar-refractivity contribution in [1.82, 2.24) is 4.57 Å². The Morgan fingerprint density at radius 1 is 1.03 bits per heavy atom. The highest BCUT2D eigenvalue weighted by atomic mass is 16.7. The molecule has 1 fully saturated rings. The zero-order chi connectivity index (χ0) is 26.4. The number of ether oxygens (including phenoxy) is 1. The number of carbonyl (C=O) groups excluding carboxylic acids is 3. The molecule has 2 aliphatic rings. The van der Waals surface area contributed by atoms with Crippen molar-refractivity contribution in [2.45, 2.75) is 52.5 Å². The monoisotopic (exact) mass is 508 g/mol. The first-order valence-corrected chi connectivity index (χ1v) is 13.1. The van der Waals surface area contributed by atoms with Crippen LogP contribution >= 0.6 is 0 Å². The lowest BCUT2D eigenvalue weighted by Crippen LogP contribution is -2.14. The molecule has 2 heterocycles. The number of Topliss-reactive ketones (excluding diaryl/α,β-unsaturated/α-hetero) is 1. The minimum absolute atomic E-state index is 0.0557. The number of rotatable bonds is 5. The number of aryl methyl sites for hydroxylation is 1. The highest BCUT2D eigenvalue weighted by Gasteiger charge is 2.34. The van der Waals surface area contributed by atoms with Crippen LogP contribution in [-0.2, 0) is 16.2 Å². The molecule has 1 aliphatic carbocycles. The third-order valence-electron chi connectivity index (χ3n) is 7.70. The quantitative estimate of drug-likeness (QED) is 0.178. The van der Waals surface area contributed by atoms with Gasteiger partial charge in [-0.2, -0.15) is 0 Å². The van der Waals surface area contributed by atoms with E-state index in [1.54, 1.807) is 6.07 Å². The number of hydrogen-bond donors (Lipinski definition) is 0. The van der Waals surface area contributed by atoms with E-state index in [-0.39, 0.29) is 11.7 Å². The summed E-state index contributed by atoms with van der Waals surface area (Å²) in [6.07, 6.45) is 6.12. The summed E-state index contributed by atoms with van der Waals surface area (Å²) >= 11 is 0. The molecule has 6 rings (SSSR count). The summed E-state index contributed by atoms with van der Waals surface area (Å²) in [5, 5.41) is 5.24. The number of ketones is 2. The lowest BCUT2D eigenvalue weighted by atomic mass is 9.89. The van der Waals surface area contributed by atoms with Crippen LogP contribution in [0.1, 0.15) is 70.9 Å². The number of oxime groups is 1. The van der Waals surface area contributed by atoms with E-state index in [2.05, 4.69) is 9.72 Å². The molecule has 0 radical (unpaired) electrons. The Bertz CT molecular complexity index is 1660. The van der Waals surface area contributed by atoms with E-state index < -0.39 is 11.8 Å². The predicted molar refractivity (Wildman–Crippen MR) is 145 cm³/mol. The topological polar surface area (TPSA) is 87.0 Å². The lowest BCUT2D eigenvalue weighted by molar-refractivity contribution is -0.141. The normalized spacial score (nSPS) is 16.7. The first-order valence-electron chi connectivity index (χ1n) is 13.1. The van der Waals surface area contributed by atoms with Gasteiger partial charge in [0.15, 0.2) is 11.5 Å². The highest BCUT2D eigenvalue weighted by molar-refractivity contribution is 6.47. The van der Waals surface area contributed by atoms with Crippen molar-refractivity contribution in [3.05, 3.63) is 76.9 Å². The Labute approximate surface area is 220 Å². The fraction of sp³-hybridized carbons (Fsp3) is 0.290. The summed E-state index contributed by atoms with van der Waals surface area (Å²) in [5.74, 6) is -0.469. The molecule has 192 valence electrons. The minimum Gasteiger partial charge on any atom is -0.432 e. The molecular weight excluding hydrogens is 480 g/mol. The largest absolute Gasteiger partial charge is 0.432 e. The number of fused-ring (bicyclic) bond motifs is 5. The van der Waals surface area contributed by atoms with E-state index in [9.17, 15) is 14.4 Å². The smallest absolute Gasteiger partial charge is 0.332 e. The maximum atomic E-state index is 13.5. The molecule has 1 saturated carbocycles. The van der Waals surface area contributed by atoms with E-state index in [4.69, 9.17) is 9.57 Å². The SMILES string of the molecule is CC(=O)ON=C1Oc2c(ccc3c2c2cc(C(=O)c4ccccc4C)ccc2n3CC2CCCCC2)C1=O. The van der Waals surface area contributed by atoms with Crippen molar-refractivity contribution in [1.29, 1.82) is 0 Å². The molecule has 4 aromatic rings. The van der Waals surface area contributed by atoms with Gasteiger partial charge in [0.05, 0.1) is 16.5 Å². The lowest BCUT2D eigenvalue weighted by Gasteiger charge is -2.23. The molecule has 0 N–H and O–H groups in total. The van der Waals surface area contributed by atoms with Gasteiger partial charge >= 0.3 is 11.9 Å². The number of carbonyl (C=O) groups is 3. The van der Waals surface area contributed by atoms with E-state index >= 15 is 0 Å². The summed E-state index contributed by atoms with van der Waals surface area (Å²) in [7, 11) is 0. The molecule has 1 aliphatic heterocycles. The van der Waals surface area contributed by atoms with Crippen LogP contribution in [0.25, 0.3) is 21.8 Å². The maximum absolute atomic E-state index is 13.5. The van der Waals surface area contributed by atoms with Crippen LogP contribution in [0.2, 0.25) is 0 Å². The van der Waals surface area contributed by atoms with Gasteiger partial charge in [-0.15, -0.1) is 0 Å². The van der Waals surface area contributed by atoms with Gasteiger partial charge in [0, 0.05) is 35.5 Å². The Hall–Kier alpha value is -4.26. The fourth-order valence-electron chi connectivity index (χ4n) is 5.82. The number of nitrogens with zero attached hydrogens (tertiary/aromatic N) is 2. The van der Waals surface area contributed by atoms with Crippen LogP contribution in [-0.4, -0.2) is 28.0 Å². The number of benzene rings is 3. The minimum atomic E-state index is -0.640. The average molecular weight is 509 g/mol. The third-order valence-corrected chi connectivity index (χ3v) is 7.70. The van der Waals surface area contributed by atoms with E-state index in [0.717, 1.165) is 33.9 Å². The van der Waals surface area contributed by atoms with Gasteiger partial charge in [-0.3, -0.25) is 9.59 Å². The Kier molecular flexibility index (Phi) is 6.06. The van der Waals surface area contributed by atoms with Gasteiger partial charge in [-0.25, -0.2) is 4.79 Å². The first kappa shape index (κ1) is 24.1. The van der Waals surface area contributed by atoms with Gasteiger partial charge < -0.3 is 14.1 Å². The second-order valence-electron chi connectivity index (χ2n) is 10.2. The average Bonchev–Trinajstić information content (AvgIpc) is 3.41. The molecule has 0 unspecified atom stereocenters. The Morgan fingerprint density at radius 3 is 2.55 bits per heavy atom. The molecule has 3 aromatic carbocycles. The first-order chi connectivity index (χ1) is 18.4. The van der Waals surface area contributed by atoms with E-state index in [1.807, 2.05) is 55.5 Å². The van der Waals surface area contributed by atoms with Gasteiger partial charge in [0.1, 0.15) is 0 Å². The van der Waals surface area contributed by atoms with Crippen molar-refractivity contribution >= 4 is 45.2 Å². The van der Waals surface area contributed by atoms with Gasteiger partial charge in [0.25, 0.3) is 5.78 Å². The third kappa shape index (κ3) is 4.08. The zero-order valence-electron chi connectivity index (χ0n) is 21.5. The standard InChI is InChI=1S/C31H28N2O5/c1-18-8-6-7-11-22(18)28(35)21-12-14-25-24(16-21)27-26(33(25)17-20-9-4-3-5-10-20)15-13-23-29(36)31(37-30(23)27)32-38-19(2)34/h6-8,11-16,20H,3-5,9-10,17H2,1-2H3. The van der Waals surface area contributed by atoms with Gasteiger partial charge in [0.2, 0.25) is 0 Å². The molecule has 7 nitrogen and oxygen atoms in total. The van der Waals surface area contributed by atoms with E-state index in [0.29, 0.717) is 28.4 Å². The summed E-state index contributed by atoms with van der Waals surface area (Å²) in [6, 6.07) is 17.0. The molecule has 7 heteroatoms. The molecule has 1 aromatic heterocycles. The van der Waals surface area contributed by atoms with Crippen LogP contribution in [0.15, 0.2) is 59.8 Å². The Balaban J connectivity index is 1.54. The molecular formula is C31H28N2O5. The van der Waals surface area contributed by atoms with Gasteiger partial charge in [-0.1, -0.05) is 43.5 Å². The second-order valence-corrected chi connectivity index (χ2v) is 10.2. The van der Waals surface area contributed by atoms with E-state index in [1.165, 1.54) is 39.0 Å². The summed E-state index contributed by atoms with van der Waals surface area (Å²) < 4.78 is 8.21. The molecule has 38 heavy (non-hydrogen) atoms. The zero-order valence-corrected chi connectivity index (χ0v) is 21.5. The Morgan fingerprint density at radius 2 is 1.79 bits per heavy atom. The predicted octanol–water partition coefficient (Wildman–Crippen LogP) is 6.37. The van der Waals surface area contributed by atoms with Crippen molar-refractivity contribution in [2.75, 3.05) is 0 Å². The van der Waals surface area contributed by atoms with Crippen LogP contribution < -0.4 is 4.74 Å². The van der Waals surface area contributed by atoms with Gasteiger partial charge in [-0.05, 0) is 66.7 Å². The highest BCUT2D eigenvalue weighted by Crippen LogP contribution is 2.42. The summed E-state index contributed by atoms with van der Waals surface area (Å²) in [6.45, 7) is 3.99. The molecule has 0 bridgehead atoms. The molecule has 0 spiro atoms. The summed E-state index contributed by atoms with van der Waals surface area (Å²) in [5.41, 5.74) is 4.42. The van der Waals surface area contributed by atoms with Crippen LogP contribution in [0.4, 0.5) is 0 Å². The molecule has 0 amide bonds. The second kappa shape index (κ2) is 9.56. The van der Waals surface area contributed by atoms with Crippen LogP contribution in [0.3, 0.4) is 0 Å². The summed E-state index contributed by atoms with van der Waals surface area (Å²) in [4.78, 5) is 42.5. The fourth-order valence-corrected chi connectivity index (χ4v) is 5.82.